The Labute approximate surface area is 239 Å². The van der Waals surface area contributed by atoms with Crippen molar-refractivity contribution in [3.05, 3.63) is 92.9 Å². The average molecular weight is 538 g/mol. The smallest absolute Gasteiger partial charge is 0.0584 e. The molecule has 8 aliphatic rings. The van der Waals surface area contributed by atoms with Gasteiger partial charge >= 0.3 is 0 Å². The maximum Gasteiger partial charge on any atom is 0.0584 e. The van der Waals surface area contributed by atoms with Crippen molar-refractivity contribution in [3.8, 4) is 0 Å². The molecule has 5 aliphatic carbocycles. The van der Waals surface area contributed by atoms with Gasteiger partial charge in [0.15, 0.2) is 0 Å². The van der Waals surface area contributed by atoms with Crippen LogP contribution >= 0.6 is 11.8 Å². The number of allylic oxidation sites excluding steroid dienone is 11. The molecule has 0 aromatic heterocycles. The second kappa shape index (κ2) is 10.3. The van der Waals surface area contributed by atoms with Crippen LogP contribution < -0.4 is 10.6 Å². The van der Waals surface area contributed by atoms with E-state index in [9.17, 15) is 0 Å². The predicted molar refractivity (Wildman–Crippen MR) is 164 cm³/mol. The fourth-order valence-electron chi connectivity index (χ4n) is 8.67. The van der Waals surface area contributed by atoms with Gasteiger partial charge in [0, 0.05) is 39.2 Å². The molecule has 3 aliphatic heterocycles. The summed E-state index contributed by atoms with van der Waals surface area (Å²) >= 11 is 2.15. The summed E-state index contributed by atoms with van der Waals surface area (Å²) in [4.78, 5) is 4.44. The van der Waals surface area contributed by atoms with E-state index in [4.69, 9.17) is 0 Å². The molecule has 3 nitrogen and oxygen atoms in total. The van der Waals surface area contributed by atoms with Gasteiger partial charge in [-0.3, -0.25) is 0 Å². The number of likely N-dealkylation sites (tertiary alicyclic amines) is 1. The van der Waals surface area contributed by atoms with E-state index in [2.05, 4.69) is 75.9 Å². The molecule has 5 unspecified atom stereocenters. The first-order valence-electron chi connectivity index (χ1n) is 15.9. The fourth-order valence-corrected chi connectivity index (χ4v) is 10.2. The standard InChI is InChI=1S/C35H43N3S/c1-3-12-31-27(9-1)35-30(37-24-17-20-34-28(22-24)26-8-2-4-14-33(26)39-34)11-7-13-32(35)38(31)25-18-15-23(16-19-25)29-10-5-6-21-36-29/h1,3,8-9,14-15,18,22,28-29,31-32,34,36-37H,2,4-7,10-13,16-17,19-21H2. The molecule has 3 saturated heterocycles. The molecular weight excluding hydrogens is 494 g/mol. The normalized spacial score (nSPS) is 35.5. The van der Waals surface area contributed by atoms with Crippen molar-refractivity contribution < 1.29 is 0 Å². The zero-order valence-electron chi connectivity index (χ0n) is 23.3. The zero-order valence-corrected chi connectivity index (χ0v) is 24.1. The number of hydrogen-bond acceptors (Lipinski definition) is 4. The number of hydrogen-bond donors (Lipinski definition) is 2. The van der Waals surface area contributed by atoms with Gasteiger partial charge < -0.3 is 15.5 Å². The van der Waals surface area contributed by atoms with Crippen LogP contribution in [0, 0.1) is 5.92 Å². The number of thioether (sulfide) groups is 1. The Morgan fingerprint density at radius 3 is 2.74 bits per heavy atom. The van der Waals surface area contributed by atoms with Crippen molar-refractivity contribution in [2.24, 2.45) is 5.92 Å². The maximum absolute atomic E-state index is 4.10. The lowest BCUT2D eigenvalue weighted by Crippen LogP contribution is -2.39. The molecule has 0 aromatic rings. The molecular formula is C35H43N3S. The third kappa shape index (κ3) is 4.37. The van der Waals surface area contributed by atoms with Crippen molar-refractivity contribution >= 4 is 11.8 Å². The van der Waals surface area contributed by atoms with Gasteiger partial charge in [0.1, 0.15) is 0 Å². The van der Waals surface area contributed by atoms with Gasteiger partial charge in [0.25, 0.3) is 0 Å². The Hall–Kier alpha value is -2.17. The van der Waals surface area contributed by atoms with Crippen molar-refractivity contribution in [2.75, 3.05) is 6.54 Å². The van der Waals surface area contributed by atoms with Gasteiger partial charge in [-0.2, -0.15) is 0 Å². The minimum atomic E-state index is 0.509. The highest BCUT2D eigenvalue weighted by molar-refractivity contribution is 8.04. The maximum atomic E-state index is 4.10. The van der Waals surface area contributed by atoms with E-state index in [0.717, 1.165) is 11.7 Å². The lowest BCUT2D eigenvalue weighted by Gasteiger charge is -2.38. The topological polar surface area (TPSA) is 27.3 Å². The van der Waals surface area contributed by atoms with Crippen LogP contribution in [0.4, 0.5) is 0 Å². The lowest BCUT2D eigenvalue weighted by atomic mass is 9.84. The van der Waals surface area contributed by atoms with E-state index in [1.54, 1.807) is 32.9 Å². The molecule has 8 rings (SSSR count). The summed E-state index contributed by atoms with van der Waals surface area (Å²) in [5.41, 5.74) is 11.1. The minimum Gasteiger partial charge on any atom is -0.362 e. The quantitative estimate of drug-likeness (QED) is 0.384. The number of rotatable bonds is 4. The van der Waals surface area contributed by atoms with Crippen molar-refractivity contribution in [1.82, 2.24) is 15.5 Å². The van der Waals surface area contributed by atoms with Crippen LogP contribution in [0.2, 0.25) is 0 Å². The molecule has 4 heteroatoms. The Morgan fingerprint density at radius 1 is 0.872 bits per heavy atom. The van der Waals surface area contributed by atoms with Gasteiger partial charge in [-0.1, -0.05) is 54.5 Å². The van der Waals surface area contributed by atoms with E-state index in [1.807, 2.05) is 0 Å². The SMILES string of the molecule is C1=CCC2C(=C1)C1=C(NC3=CC4C5=CCCC=C5SC4CC3)CCCC1N2C1=CC=C(C2CCCCN2)CC1. The monoisotopic (exact) mass is 537 g/mol. The fraction of sp³-hybridized carbons (Fsp3) is 0.543. The number of piperidine rings is 1. The highest BCUT2D eigenvalue weighted by atomic mass is 32.2. The molecule has 0 spiro atoms. The first-order valence-corrected chi connectivity index (χ1v) is 16.8. The van der Waals surface area contributed by atoms with Gasteiger partial charge in [0.05, 0.1) is 12.1 Å². The van der Waals surface area contributed by atoms with Crippen molar-refractivity contribution in [1.29, 1.82) is 0 Å². The van der Waals surface area contributed by atoms with Crippen LogP contribution in [0.25, 0.3) is 0 Å². The highest BCUT2D eigenvalue weighted by Crippen LogP contribution is 2.53. The summed E-state index contributed by atoms with van der Waals surface area (Å²) in [5.74, 6) is 0.611. The Balaban J connectivity index is 1.09. The third-order valence-electron chi connectivity index (χ3n) is 10.5. The molecule has 2 N–H and O–H groups in total. The van der Waals surface area contributed by atoms with Crippen molar-refractivity contribution in [2.45, 2.75) is 107 Å². The molecule has 3 heterocycles. The van der Waals surface area contributed by atoms with Crippen LogP contribution in [0.15, 0.2) is 92.9 Å². The van der Waals surface area contributed by atoms with Crippen LogP contribution in [-0.4, -0.2) is 34.8 Å². The van der Waals surface area contributed by atoms with E-state index in [1.165, 1.54) is 95.0 Å². The molecule has 0 bridgehead atoms. The summed E-state index contributed by atoms with van der Waals surface area (Å²) in [6.07, 6.45) is 36.1. The first kappa shape index (κ1) is 24.6. The highest BCUT2D eigenvalue weighted by Gasteiger charge is 2.45. The van der Waals surface area contributed by atoms with Crippen LogP contribution in [0.3, 0.4) is 0 Å². The molecule has 204 valence electrons. The molecule has 0 radical (unpaired) electrons. The molecule has 39 heavy (non-hydrogen) atoms. The van der Waals surface area contributed by atoms with E-state index in [-0.39, 0.29) is 0 Å². The summed E-state index contributed by atoms with van der Waals surface area (Å²) in [6, 6.07) is 1.65. The van der Waals surface area contributed by atoms with Gasteiger partial charge in [-0.15, -0.1) is 11.8 Å². The molecule has 5 atom stereocenters. The lowest BCUT2D eigenvalue weighted by molar-refractivity contribution is 0.243. The first-order chi connectivity index (χ1) is 19.3. The van der Waals surface area contributed by atoms with E-state index in [0.29, 0.717) is 24.0 Å². The van der Waals surface area contributed by atoms with Crippen molar-refractivity contribution in [3.63, 3.8) is 0 Å². The van der Waals surface area contributed by atoms with E-state index >= 15 is 0 Å². The largest absolute Gasteiger partial charge is 0.362 e. The van der Waals surface area contributed by atoms with Crippen LogP contribution in [-0.2, 0) is 0 Å². The Morgan fingerprint density at radius 2 is 1.85 bits per heavy atom. The van der Waals surface area contributed by atoms with Gasteiger partial charge in [-0.05, 0) is 106 Å². The minimum absolute atomic E-state index is 0.509. The Bertz CT molecular complexity index is 1280. The summed E-state index contributed by atoms with van der Waals surface area (Å²) in [5, 5.41) is 8.63. The molecule has 0 aromatic carbocycles. The number of nitrogens with zero attached hydrogens (tertiary/aromatic N) is 1. The van der Waals surface area contributed by atoms with E-state index < -0.39 is 0 Å². The predicted octanol–water partition coefficient (Wildman–Crippen LogP) is 7.71. The van der Waals surface area contributed by atoms with Crippen LogP contribution in [0.1, 0.15) is 83.5 Å². The number of nitrogens with one attached hydrogen (secondary N) is 2. The second-order valence-corrected chi connectivity index (χ2v) is 14.0. The number of fused-ring (bicyclic) bond motifs is 6. The molecule has 0 amide bonds. The summed E-state index contributed by atoms with van der Waals surface area (Å²) in [6.45, 7) is 1.19. The van der Waals surface area contributed by atoms with Gasteiger partial charge in [0.2, 0.25) is 0 Å². The Kier molecular flexibility index (Phi) is 6.53. The zero-order chi connectivity index (χ0) is 25.8. The van der Waals surface area contributed by atoms with Crippen LogP contribution in [0.5, 0.6) is 0 Å². The molecule has 0 saturated carbocycles. The summed E-state index contributed by atoms with van der Waals surface area (Å²) in [7, 11) is 0. The third-order valence-corrected chi connectivity index (χ3v) is 12.0. The molecule has 3 fully saturated rings. The van der Waals surface area contributed by atoms with Gasteiger partial charge in [-0.25, -0.2) is 0 Å². The second-order valence-electron chi connectivity index (χ2n) is 12.8. The average Bonchev–Trinajstić information content (AvgIpc) is 3.54. The summed E-state index contributed by atoms with van der Waals surface area (Å²) < 4.78 is 0.